The summed E-state index contributed by atoms with van der Waals surface area (Å²) in [7, 11) is 1.46. The quantitative estimate of drug-likeness (QED) is 0.910. The molecule has 0 heterocycles. The SMILES string of the molecule is CCC(C)(NC(=O)c1ccc(OC)cc1F)c1ccccc1. The van der Waals surface area contributed by atoms with Gasteiger partial charge in [0.05, 0.1) is 18.2 Å². The summed E-state index contributed by atoms with van der Waals surface area (Å²) in [5.41, 5.74) is 0.446. The number of nitrogens with one attached hydrogen (secondary N) is 1. The monoisotopic (exact) mass is 301 g/mol. The van der Waals surface area contributed by atoms with Gasteiger partial charge in [-0.2, -0.15) is 0 Å². The van der Waals surface area contributed by atoms with Gasteiger partial charge in [-0.05, 0) is 31.0 Å². The maximum absolute atomic E-state index is 14.0. The Morgan fingerprint density at radius 3 is 2.45 bits per heavy atom. The van der Waals surface area contributed by atoms with Crippen LogP contribution in [0.5, 0.6) is 5.75 Å². The van der Waals surface area contributed by atoms with Gasteiger partial charge in [0.2, 0.25) is 0 Å². The molecule has 1 atom stereocenters. The Labute approximate surface area is 130 Å². The molecule has 22 heavy (non-hydrogen) atoms. The number of hydrogen-bond donors (Lipinski definition) is 1. The predicted molar refractivity (Wildman–Crippen MR) is 84.5 cm³/mol. The standard InChI is InChI=1S/C18H20FNO2/c1-4-18(2,13-8-6-5-7-9-13)20-17(21)15-11-10-14(22-3)12-16(15)19/h5-12H,4H2,1-3H3,(H,20,21). The lowest BCUT2D eigenvalue weighted by atomic mass is 9.89. The Balaban J connectivity index is 2.26. The van der Waals surface area contributed by atoms with Crippen LogP contribution in [0.2, 0.25) is 0 Å². The Kier molecular flexibility index (Phi) is 4.81. The lowest BCUT2D eigenvalue weighted by molar-refractivity contribution is 0.0898. The first kappa shape index (κ1) is 16.0. The van der Waals surface area contributed by atoms with E-state index >= 15 is 0 Å². The molecular weight excluding hydrogens is 281 g/mol. The molecule has 0 bridgehead atoms. The van der Waals surface area contributed by atoms with Gasteiger partial charge in [0.25, 0.3) is 5.91 Å². The first-order chi connectivity index (χ1) is 10.5. The van der Waals surface area contributed by atoms with Crippen LogP contribution in [-0.2, 0) is 5.54 Å². The Bertz CT molecular complexity index is 657. The highest BCUT2D eigenvalue weighted by Crippen LogP contribution is 2.25. The summed E-state index contributed by atoms with van der Waals surface area (Å²) < 4.78 is 19.0. The highest BCUT2D eigenvalue weighted by atomic mass is 19.1. The molecule has 0 aromatic heterocycles. The van der Waals surface area contributed by atoms with E-state index in [1.165, 1.54) is 19.2 Å². The number of amides is 1. The fraction of sp³-hybridized carbons (Fsp3) is 0.278. The van der Waals surface area contributed by atoms with E-state index in [1.54, 1.807) is 6.07 Å². The summed E-state index contributed by atoms with van der Waals surface area (Å²) in [5.74, 6) is -0.646. The van der Waals surface area contributed by atoms with E-state index in [0.29, 0.717) is 12.2 Å². The van der Waals surface area contributed by atoms with Crippen molar-refractivity contribution in [2.24, 2.45) is 0 Å². The molecule has 0 spiro atoms. The molecule has 0 saturated heterocycles. The van der Waals surface area contributed by atoms with Crippen molar-refractivity contribution in [3.05, 3.63) is 65.5 Å². The van der Waals surface area contributed by atoms with Gasteiger partial charge in [-0.15, -0.1) is 0 Å². The van der Waals surface area contributed by atoms with E-state index in [0.717, 1.165) is 5.56 Å². The summed E-state index contributed by atoms with van der Waals surface area (Å²) in [6.45, 7) is 3.92. The molecular formula is C18H20FNO2. The molecule has 1 unspecified atom stereocenters. The summed E-state index contributed by atoms with van der Waals surface area (Å²) >= 11 is 0. The van der Waals surface area contributed by atoms with Crippen molar-refractivity contribution in [3.63, 3.8) is 0 Å². The summed E-state index contributed by atoms with van der Waals surface area (Å²) in [6.07, 6.45) is 0.695. The number of carbonyl (C=O) groups is 1. The molecule has 0 aliphatic heterocycles. The van der Waals surface area contributed by atoms with Gasteiger partial charge >= 0.3 is 0 Å². The van der Waals surface area contributed by atoms with Gasteiger partial charge in [0.1, 0.15) is 11.6 Å². The van der Waals surface area contributed by atoms with Crippen LogP contribution in [-0.4, -0.2) is 13.0 Å². The van der Waals surface area contributed by atoms with Crippen LogP contribution in [0.3, 0.4) is 0 Å². The lowest BCUT2D eigenvalue weighted by Gasteiger charge is -2.30. The third kappa shape index (κ3) is 3.27. The minimum absolute atomic E-state index is 0.0106. The Hall–Kier alpha value is -2.36. The van der Waals surface area contributed by atoms with E-state index in [4.69, 9.17) is 4.74 Å². The molecule has 2 aromatic carbocycles. The molecule has 0 aliphatic carbocycles. The highest BCUT2D eigenvalue weighted by Gasteiger charge is 2.27. The molecule has 4 heteroatoms. The van der Waals surface area contributed by atoms with E-state index < -0.39 is 17.3 Å². The molecule has 3 nitrogen and oxygen atoms in total. The van der Waals surface area contributed by atoms with Crippen molar-refractivity contribution in [1.29, 1.82) is 0 Å². The number of rotatable bonds is 5. The van der Waals surface area contributed by atoms with Crippen LogP contribution in [0.15, 0.2) is 48.5 Å². The van der Waals surface area contributed by atoms with E-state index in [9.17, 15) is 9.18 Å². The number of methoxy groups -OCH3 is 1. The molecule has 0 radical (unpaired) electrons. The largest absolute Gasteiger partial charge is 0.497 e. The van der Waals surface area contributed by atoms with E-state index in [1.807, 2.05) is 44.2 Å². The second-order valence-electron chi connectivity index (χ2n) is 5.35. The van der Waals surface area contributed by atoms with Crippen molar-refractivity contribution in [2.45, 2.75) is 25.8 Å². The van der Waals surface area contributed by atoms with Crippen LogP contribution < -0.4 is 10.1 Å². The fourth-order valence-electron chi connectivity index (χ4n) is 2.30. The zero-order chi connectivity index (χ0) is 16.2. The third-order valence-electron chi connectivity index (χ3n) is 3.93. The van der Waals surface area contributed by atoms with Crippen LogP contribution in [0.4, 0.5) is 4.39 Å². The molecule has 1 amide bonds. The predicted octanol–water partition coefficient (Wildman–Crippen LogP) is 3.89. The smallest absolute Gasteiger partial charge is 0.254 e. The van der Waals surface area contributed by atoms with Gasteiger partial charge in [-0.3, -0.25) is 4.79 Å². The van der Waals surface area contributed by atoms with Crippen LogP contribution in [0.1, 0.15) is 36.2 Å². The number of halogens is 1. The van der Waals surface area contributed by atoms with Gasteiger partial charge < -0.3 is 10.1 Å². The summed E-state index contributed by atoms with van der Waals surface area (Å²) in [6, 6.07) is 13.9. The van der Waals surface area contributed by atoms with Crippen molar-refractivity contribution in [3.8, 4) is 5.75 Å². The van der Waals surface area contributed by atoms with Gasteiger partial charge in [-0.25, -0.2) is 4.39 Å². The van der Waals surface area contributed by atoms with E-state index in [2.05, 4.69) is 5.32 Å². The molecule has 2 aromatic rings. The zero-order valence-corrected chi connectivity index (χ0v) is 13.0. The first-order valence-electron chi connectivity index (χ1n) is 7.21. The molecule has 0 aliphatic rings. The van der Waals surface area contributed by atoms with Gasteiger partial charge in [0.15, 0.2) is 0 Å². The molecule has 0 saturated carbocycles. The molecule has 116 valence electrons. The Morgan fingerprint density at radius 2 is 1.91 bits per heavy atom. The molecule has 1 N–H and O–H groups in total. The van der Waals surface area contributed by atoms with Gasteiger partial charge in [0, 0.05) is 6.07 Å². The normalized spacial score (nSPS) is 13.3. The maximum atomic E-state index is 14.0. The van der Waals surface area contributed by atoms with Crippen molar-refractivity contribution in [1.82, 2.24) is 5.32 Å². The highest BCUT2D eigenvalue weighted by molar-refractivity contribution is 5.95. The average Bonchev–Trinajstić information content (AvgIpc) is 2.55. The number of hydrogen-bond acceptors (Lipinski definition) is 2. The third-order valence-corrected chi connectivity index (χ3v) is 3.93. The molecule has 0 fully saturated rings. The van der Waals surface area contributed by atoms with E-state index in [-0.39, 0.29) is 5.56 Å². The van der Waals surface area contributed by atoms with Crippen LogP contribution >= 0.6 is 0 Å². The second-order valence-corrected chi connectivity index (χ2v) is 5.35. The number of ether oxygens (including phenoxy) is 1. The minimum atomic E-state index is -0.594. The van der Waals surface area contributed by atoms with Crippen LogP contribution in [0.25, 0.3) is 0 Å². The van der Waals surface area contributed by atoms with Crippen molar-refractivity contribution >= 4 is 5.91 Å². The average molecular weight is 301 g/mol. The Morgan fingerprint density at radius 1 is 1.23 bits per heavy atom. The molecule has 2 rings (SSSR count). The summed E-state index contributed by atoms with van der Waals surface area (Å²) in [4.78, 5) is 12.4. The van der Waals surface area contributed by atoms with Crippen molar-refractivity contribution < 1.29 is 13.9 Å². The lowest BCUT2D eigenvalue weighted by Crippen LogP contribution is -2.43. The fourth-order valence-corrected chi connectivity index (χ4v) is 2.30. The van der Waals surface area contributed by atoms with Crippen molar-refractivity contribution in [2.75, 3.05) is 7.11 Å². The first-order valence-corrected chi connectivity index (χ1v) is 7.21. The number of carbonyl (C=O) groups excluding carboxylic acids is 1. The van der Waals surface area contributed by atoms with Gasteiger partial charge in [-0.1, -0.05) is 37.3 Å². The summed E-state index contributed by atoms with van der Waals surface area (Å²) in [5, 5.41) is 2.93. The zero-order valence-electron chi connectivity index (χ0n) is 13.0. The maximum Gasteiger partial charge on any atom is 0.254 e. The topological polar surface area (TPSA) is 38.3 Å². The number of benzene rings is 2. The second kappa shape index (κ2) is 6.60. The minimum Gasteiger partial charge on any atom is -0.497 e. The van der Waals surface area contributed by atoms with Crippen LogP contribution in [0, 0.1) is 5.82 Å².